The molecule has 1 saturated heterocycles. The summed E-state index contributed by atoms with van der Waals surface area (Å²) in [5.41, 5.74) is 1.30. The van der Waals surface area contributed by atoms with Crippen LogP contribution in [0.4, 0.5) is 0 Å². The van der Waals surface area contributed by atoms with Crippen molar-refractivity contribution in [2.24, 2.45) is 0 Å². The number of thiophene rings is 1. The number of nitrogens with one attached hydrogen (secondary N) is 2. The highest BCUT2D eigenvalue weighted by molar-refractivity contribution is 7.10. The lowest BCUT2D eigenvalue weighted by molar-refractivity contribution is 0.0930. The van der Waals surface area contributed by atoms with Crippen LogP contribution in [0, 0.1) is 6.92 Å². The van der Waals surface area contributed by atoms with E-state index >= 15 is 0 Å². The molecule has 0 aliphatic carbocycles. The highest BCUT2D eigenvalue weighted by Gasteiger charge is 2.24. The largest absolute Gasteiger partial charge is 0.343 e. The van der Waals surface area contributed by atoms with E-state index < -0.39 is 0 Å². The van der Waals surface area contributed by atoms with Gasteiger partial charge >= 0.3 is 0 Å². The van der Waals surface area contributed by atoms with Crippen molar-refractivity contribution in [1.82, 2.24) is 25.6 Å². The Morgan fingerprint density at radius 2 is 2.30 bits per heavy atom. The van der Waals surface area contributed by atoms with Gasteiger partial charge in [-0.2, -0.15) is 0 Å². The summed E-state index contributed by atoms with van der Waals surface area (Å²) in [7, 11) is 0. The van der Waals surface area contributed by atoms with Gasteiger partial charge in [-0.05, 0) is 50.7 Å². The third kappa shape index (κ3) is 3.45. The molecule has 2 aromatic rings. The quantitative estimate of drug-likeness (QED) is 0.882. The third-order valence-corrected chi connectivity index (χ3v) is 5.38. The van der Waals surface area contributed by atoms with Crippen molar-refractivity contribution in [3.8, 4) is 0 Å². The molecular formula is C16H23N5OS. The van der Waals surface area contributed by atoms with E-state index in [9.17, 15) is 4.79 Å². The standard InChI is InChI=1S/C16H23N5OS/c1-3-13(14-5-4-10-23-14)18-16(22)15-11(2)21(20-19-15)12-6-8-17-9-7-12/h4-5,10,12-13,17H,3,6-9H2,1-2H3,(H,18,22). The molecule has 1 unspecified atom stereocenters. The molecule has 3 heterocycles. The van der Waals surface area contributed by atoms with Crippen LogP contribution in [0.3, 0.4) is 0 Å². The first-order valence-electron chi connectivity index (χ1n) is 8.17. The summed E-state index contributed by atoms with van der Waals surface area (Å²) in [4.78, 5) is 13.8. The number of rotatable bonds is 5. The molecule has 1 atom stereocenters. The lowest BCUT2D eigenvalue weighted by atomic mass is 10.1. The van der Waals surface area contributed by atoms with Gasteiger partial charge < -0.3 is 10.6 Å². The Labute approximate surface area is 140 Å². The first-order chi connectivity index (χ1) is 11.2. The molecule has 1 aliphatic heterocycles. The number of carbonyl (C=O) groups excluding carboxylic acids is 1. The molecule has 3 rings (SSSR count). The monoisotopic (exact) mass is 333 g/mol. The van der Waals surface area contributed by atoms with Crippen LogP contribution in [0.25, 0.3) is 0 Å². The molecule has 124 valence electrons. The van der Waals surface area contributed by atoms with Gasteiger partial charge in [0, 0.05) is 4.88 Å². The first-order valence-corrected chi connectivity index (χ1v) is 9.05. The first kappa shape index (κ1) is 16.1. The van der Waals surface area contributed by atoms with Crippen LogP contribution in [-0.2, 0) is 0 Å². The van der Waals surface area contributed by atoms with Crippen molar-refractivity contribution < 1.29 is 4.79 Å². The van der Waals surface area contributed by atoms with Gasteiger partial charge in [0.25, 0.3) is 5.91 Å². The Morgan fingerprint density at radius 3 is 2.96 bits per heavy atom. The van der Waals surface area contributed by atoms with E-state index in [4.69, 9.17) is 0 Å². The number of carbonyl (C=O) groups is 1. The minimum Gasteiger partial charge on any atom is -0.343 e. The fourth-order valence-corrected chi connectivity index (χ4v) is 3.90. The maximum atomic E-state index is 12.6. The molecular weight excluding hydrogens is 310 g/mol. The molecule has 1 amide bonds. The van der Waals surface area contributed by atoms with Crippen LogP contribution in [0.15, 0.2) is 17.5 Å². The number of nitrogens with zero attached hydrogens (tertiary/aromatic N) is 3. The summed E-state index contributed by atoms with van der Waals surface area (Å²) in [5.74, 6) is -0.136. The van der Waals surface area contributed by atoms with Crippen molar-refractivity contribution in [3.05, 3.63) is 33.8 Å². The molecule has 0 spiro atoms. The van der Waals surface area contributed by atoms with E-state index in [1.54, 1.807) is 11.3 Å². The van der Waals surface area contributed by atoms with E-state index in [1.165, 1.54) is 4.88 Å². The van der Waals surface area contributed by atoms with E-state index in [2.05, 4.69) is 33.9 Å². The molecule has 0 aromatic carbocycles. The van der Waals surface area contributed by atoms with Gasteiger partial charge in [0.2, 0.25) is 0 Å². The number of piperidine rings is 1. The van der Waals surface area contributed by atoms with E-state index in [0.29, 0.717) is 11.7 Å². The van der Waals surface area contributed by atoms with Gasteiger partial charge in [-0.3, -0.25) is 4.79 Å². The summed E-state index contributed by atoms with van der Waals surface area (Å²) in [5, 5.41) is 16.8. The summed E-state index contributed by atoms with van der Waals surface area (Å²) in [6, 6.07) is 4.43. The van der Waals surface area contributed by atoms with Crippen molar-refractivity contribution in [2.75, 3.05) is 13.1 Å². The minimum absolute atomic E-state index is 0.0333. The Balaban J connectivity index is 1.73. The van der Waals surface area contributed by atoms with Gasteiger partial charge in [0.1, 0.15) is 0 Å². The summed E-state index contributed by atoms with van der Waals surface area (Å²) < 4.78 is 1.92. The Morgan fingerprint density at radius 1 is 1.52 bits per heavy atom. The molecule has 2 aromatic heterocycles. The van der Waals surface area contributed by atoms with Gasteiger partial charge in [0.05, 0.1) is 17.8 Å². The average Bonchev–Trinajstić information content (AvgIpc) is 3.23. The normalized spacial score (nSPS) is 17.1. The number of aromatic nitrogens is 3. The molecule has 23 heavy (non-hydrogen) atoms. The SMILES string of the molecule is CCC(NC(=O)c1nnn(C2CCNCC2)c1C)c1cccs1. The molecule has 2 N–H and O–H groups in total. The zero-order valence-corrected chi connectivity index (χ0v) is 14.4. The smallest absolute Gasteiger partial charge is 0.274 e. The Hall–Kier alpha value is -1.73. The van der Waals surface area contributed by atoms with Gasteiger partial charge in [-0.1, -0.05) is 18.2 Å². The summed E-state index contributed by atoms with van der Waals surface area (Å²) >= 11 is 1.66. The summed E-state index contributed by atoms with van der Waals surface area (Å²) in [6.45, 7) is 5.98. The maximum Gasteiger partial charge on any atom is 0.274 e. The lowest BCUT2D eigenvalue weighted by Gasteiger charge is -2.23. The van der Waals surface area contributed by atoms with Crippen molar-refractivity contribution in [3.63, 3.8) is 0 Å². The second kappa shape index (κ2) is 7.23. The third-order valence-electron chi connectivity index (χ3n) is 4.40. The second-order valence-electron chi connectivity index (χ2n) is 5.90. The van der Waals surface area contributed by atoms with Gasteiger partial charge in [0.15, 0.2) is 5.69 Å². The van der Waals surface area contributed by atoms with Crippen LogP contribution in [0.2, 0.25) is 0 Å². The van der Waals surface area contributed by atoms with Gasteiger partial charge in [-0.15, -0.1) is 16.4 Å². The van der Waals surface area contributed by atoms with Crippen molar-refractivity contribution in [1.29, 1.82) is 0 Å². The lowest BCUT2D eigenvalue weighted by Crippen LogP contribution is -2.31. The zero-order chi connectivity index (χ0) is 16.2. The van der Waals surface area contributed by atoms with Crippen molar-refractivity contribution >= 4 is 17.2 Å². The maximum absolute atomic E-state index is 12.6. The Bertz CT molecular complexity index is 645. The fraction of sp³-hybridized carbons (Fsp3) is 0.562. The zero-order valence-electron chi connectivity index (χ0n) is 13.6. The molecule has 6 nitrogen and oxygen atoms in total. The minimum atomic E-state index is -0.136. The van der Waals surface area contributed by atoms with Crippen LogP contribution >= 0.6 is 11.3 Å². The predicted molar refractivity (Wildman–Crippen MR) is 90.7 cm³/mol. The van der Waals surface area contributed by atoms with Gasteiger partial charge in [-0.25, -0.2) is 4.68 Å². The number of amides is 1. The molecule has 1 fully saturated rings. The van der Waals surface area contributed by atoms with Crippen LogP contribution in [0.1, 0.15) is 59.3 Å². The molecule has 0 bridgehead atoms. The molecule has 7 heteroatoms. The highest BCUT2D eigenvalue weighted by Crippen LogP contribution is 2.23. The van der Waals surface area contributed by atoms with E-state index in [0.717, 1.165) is 38.0 Å². The predicted octanol–water partition coefficient (Wildman–Crippen LogP) is 2.45. The average molecular weight is 333 g/mol. The molecule has 0 radical (unpaired) electrons. The second-order valence-corrected chi connectivity index (χ2v) is 6.88. The van der Waals surface area contributed by atoms with E-state index in [1.807, 2.05) is 23.1 Å². The van der Waals surface area contributed by atoms with Crippen LogP contribution in [0.5, 0.6) is 0 Å². The topological polar surface area (TPSA) is 71.8 Å². The molecule has 1 aliphatic rings. The number of hydrogen-bond donors (Lipinski definition) is 2. The summed E-state index contributed by atoms with van der Waals surface area (Å²) in [6.07, 6.45) is 2.91. The Kier molecular flexibility index (Phi) is 5.07. The van der Waals surface area contributed by atoms with Crippen molar-refractivity contribution in [2.45, 2.75) is 45.2 Å². The number of hydrogen-bond acceptors (Lipinski definition) is 5. The molecule has 0 saturated carbocycles. The van der Waals surface area contributed by atoms with Crippen LogP contribution < -0.4 is 10.6 Å². The van der Waals surface area contributed by atoms with Crippen LogP contribution in [-0.4, -0.2) is 34.0 Å². The van der Waals surface area contributed by atoms with E-state index in [-0.39, 0.29) is 11.9 Å². The highest BCUT2D eigenvalue weighted by atomic mass is 32.1. The fourth-order valence-electron chi connectivity index (χ4n) is 3.04.